The fourth-order valence-corrected chi connectivity index (χ4v) is 5.83. The van der Waals surface area contributed by atoms with Gasteiger partial charge in [-0.1, -0.05) is 72.3 Å². The van der Waals surface area contributed by atoms with Gasteiger partial charge in [-0.05, 0) is 55.3 Å². The largest absolute Gasteiger partial charge is 0.318 e. The second-order valence-corrected chi connectivity index (χ2v) is 10.0. The molecule has 2 heterocycles. The Labute approximate surface area is 202 Å². The summed E-state index contributed by atoms with van der Waals surface area (Å²) in [5.41, 5.74) is 3.41. The molecule has 1 atom stereocenters. The minimum Gasteiger partial charge on any atom is -0.318 e. The van der Waals surface area contributed by atoms with Crippen LogP contribution in [0.2, 0.25) is 5.02 Å². The molecule has 1 fully saturated rings. The lowest BCUT2D eigenvalue weighted by Gasteiger charge is -2.35. The van der Waals surface area contributed by atoms with E-state index in [1.165, 1.54) is 0 Å². The first kappa shape index (κ1) is 25.5. The predicted molar refractivity (Wildman–Crippen MR) is 141 cm³/mol. The Morgan fingerprint density at radius 2 is 1.82 bits per heavy atom. The number of hydrogen-bond acceptors (Lipinski definition) is 4. The number of benzene rings is 2. The third-order valence-corrected chi connectivity index (χ3v) is 7.95. The van der Waals surface area contributed by atoms with Crippen molar-refractivity contribution in [1.29, 1.82) is 0 Å². The molecule has 1 N–H and O–H groups in total. The van der Waals surface area contributed by atoms with E-state index in [1.54, 1.807) is 0 Å². The summed E-state index contributed by atoms with van der Waals surface area (Å²) >= 11 is 6.28. The van der Waals surface area contributed by atoms with Crippen LogP contribution in [0.25, 0.3) is 0 Å². The number of alkyl halides is 2. The molecule has 2 aliphatic heterocycles. The monoisotopic (exact) mass is 492 g/mol. The first-order chi connectivity index (χ1) is 16.0. The van der Waals surface area contributed by atoms with E-state index in [9.17, 15) is 8.78 Å². The van der Waals surface area contributed by atoms with Crippen molar-refractivity contribution in [3.63, 3.8) is 0 Å². The quantitative estimate of drug-likeness (QED) is 0.445. The van der Waals surface area contributed by atoms with Crippen LogP contribution in [0.4, 0.5) is 14.5 Å². The van der Waals surface area contributed by atoms with Gasteiger partial charge in [-0.25, -0.2) is 8.78 Å². The predicted octanol–water partition coefficient (Wildman–Crippen LogP) is 6.55. The zero-order valence-corrected chi connectivity index (χ0v) is 20.7. The molecule has 0 saturated carbocycles. The van der Waals surface area contributed by atoms with Crippen LogP contribution >= 0.6 is 22.3 Å². The van der Waals surface area contributed by atoms with Crippen molar-refractivity contribution < 1.29 is 8.78 Å². The van der Waals surface area contributed by atoms with E-state index in [0.717, 1.165) is 42.7 Å². The number of rotatable bonds is 7. The molecule has 4 nitrogen and oxygen atoms in total. The molecule has 1 unspecified atom stereocenters. The van der Waals surface area contributed by atoms with Crippen LogP contribution in [-0.4, -0.2) is 42.1 Å². The number of nitrogens with zero attached hydrogens (tertiary/aromatic N) is 3. The van der Waals surface area contributed by atoms with Gasteiger partial charge in [-0.15, -0.1) is 0 Å². The Morgan fingerprint density at radius 3 is 2.42 bits per heavy atom. The summed E-state index contributed by atoms with van der Waals surface area (Å²) in [6.07, 6.45) is -0.246. The topological polar surface area (TPSA) is 40.0 Å². The zero-order chi connectivity index (χ0) is 23.8. The van der Waals surface area contributed by atoms with Gasteiger partial charge in [0, 0.05) is 22.4 Å². The summed E-state index contributed by atoms with van der Waals surface area (Å²) in [6, 6.07) is 15.8. The Bertz CT molecular complexity index is 1000. The number of hydrogen-bond donors (Lipinski definition) is 1. The average Bonchev–Trinajstić information content (AvgIpc) is 3.35. The Balaban J connectivity index is 0.00000149. The Morgan fingerprint density at radius 1 is 1.12 bits per heavy atom. The van der Waals surface area contributed by atoms with Crippen LogP contribution in [0.15, 0.2) is 58.7 Å². The molecule has 8 heteroatoms. The Kier molecular flexibility index (Phi) is 9.59. The highest BCUT2D eigenvalue weighted by atomic mass is 35.5. The first-order valence-corrected chi connectivity index (χ1v) is 13.1. The Hall–Kier alpha value is -2.09. The van der Waals surface area contributed by atoms with Crippen molar-refractivity contribution in [1.82, 2.24) is 5.32 Å². The molecule has 2 aromatic carbocycles. The second kappa shape index (κ2) is 12.4. The van der Waals surface area contributed by atoms with Gasteiger partial charge in [0.25, 0.3) is 6.43 Å². The summed E-state index contributed by atoms with van der Waals surface area (Å²) in [5.74, 6) is 4.55. The van der Waals surface area contributed by atoms with Crippen LogP contribution < -0.4 is 9.62 Å². The highest BCUT2D eigenvalue weighted by Gasteiger charge is 2.23. The zero-order valence-electron chi connectivity index (χ0n) is 19.1. The molecule has 0 aliphatic carbocycles. The molecule has 0 bridgehead atoms. The molecular formula is C25H31ClF2N4S. The van der Waals surface area contributed by atoms with Crippen molar-refractivity contribution in [2.75, 3.05) is 17.4 Å². The second-order valence-electron chi connectivity index (χ2n) is 7.68. The van der Waals surface area contributed by atoms with E-state index >= 15 is 0 Å². The van der Waals surface area contributed by atoms with E-state index in [2.05, 4.69) is 31.8 Å². The number of nitrogens with one attached hydrogen (secondary N) is 1. The van der Waals surface area contributed by atoms with E-state index in [0.29, 0.717) is 22.5 Å². The fraction of sp³-hybridized carbons (Fsp3) is 0.400. The molecule has 0 spiro atoms. The molecule has 33 heavy (non-hydrogen) atoms. The van der Waals surface area contributed by atoms with Crippen LogP contribution in [0.3, 0.4) is 0 Å². The first-order valence-electron chi connectivity index (χ1n) is 11.3. The van der Waals surface area contributed by atoms with Gasteiger partial charge in [0.2, 0.25) is 0 Å². The highest BCUT2D eigenvalue weighted by molar-refractivity contribution is 8.15. The molecule has 4 rings (SSSR count). The van der Waals surface area contributed by atoms with Gasteiger partial charge in [-0.3, -0.25) is 0 Å². The summed E-state index contributed by atoms with van der Waals surface area (Å²) in [5, 5.41) is 12.2. The number of piperidine rings is 1. The standard InChI is InChI=1S/C23H25ClF2N4S.C2H6/c1-31(20-9-11-27-12-10-20)30(19-4-2-3-18(24)13-19)15-16-5-7-17(8-6-16)21-14-22(23(25)26)29-28-21;1-2/h2-8,13,20,23,27H,1,9-12,14-15H2;1-2H3. The van der Waals surface area contributed by atoms with Gasteiger partial charge < -0.3 is 9.62 Å². The summed E-state index contributed by atoms with van der Waals surface area (Å²) in [4.78, 5) is 0. The summed E-state index contributed by atoms with van der Waals surface area (Å²) < 4.78 is 28.0. The molecule has 0 aromatic heterocycles. The van der Waals surface area contributed by atoms with Crippen LogP contribution in [0.5, 0.6) is 0 Å². The molecule has 2 aliphatic rings. The van der Waals surface area contributed by atoms with Crippen molar-refractivity contribution in [3.05, 3.63) is 64.7 Å². The summed E-state index contributed by atoms with van der Waals surface area (Å²) in [6.45, 7) is 6.74. The summed E-state index contributed by atoms with van der Waals surface area (Å²) in [7, 11) is -0.212. The van der Waals surface area contributed by atoms with E-state index in [1.807, 2.05) is 56.3 Å². The molecular weight excluding hydrogens is 462 g/mol. The smallest absolute Gasteiger partial charge is 0.278 e. The maximum absolute atomic E-state index is 12.8. The average molecular weight is 493 g/mol. The fourth-order valence-electron chi connectivity index (χ4n) is 3.80. The van der Waals surface area contributed by atoms with Crippen molar-refractivity contribution in [2.45, 2.75) is 51.3 Å². The van der Waals surface area contributed by atoms with Crippen molar-refractivity contribution in [3.8, 4) is 0 Å². The van der Waals surface area contributed by atoms with Crippen molar-refractivity contribution >= 4 is 45.3 Å². The lowest BCUT2D eigenvalue weighted by molar-refractivity contribution is 0.224. The van der Waals surface area contributed by atoms with E-state index in [4.69, 9.17) is 11.6 Å². The lowest BCUT2D eigenvalue weighted by atomic mass is 10.0. The molecule has 0 amide bonds. The van der Waals surface area contributed by atoms with E-state index < -0.39 is 6.43 Å². The van der Waals surface area contributed by atoms with Gasteiger partial charge in [0.1, 0.15) is 5.71 Å². The molecule has 178 valence electrons. The normalized spacial score (nSPS) is 17.2. The van der Waals surface area contributed by atoms with Gasteiger partial charge in [0.15, 0.2) is 0 Å². The van der Waals surface area contributed by atoms with E-state index in [-0.39, 0.29) is 22.8 Å². The number of halogens is 3. The maximum Gasteiger partial charge on any atom is 0.278 e. The minimum atomic E-state index is -2.56. The molecule has 2 aromatic rings. The van der Waals surface area contributed by atoms with Gasteiger partial charge >= 0.3 is 0 Å². The third-order valence-electron chi connectivity index (χ3n) is 5.56. The van der Waals surface area contributed by atoms with Crippen LogP contribution in [0, 0.1) is 0 Å². The van der Waals surface area contributed by atoms with Gasteiger partial charge in [0.05, 0.1) is 12.3 Å². The SMILES string of the molecule is C=S(C1CCNCC1)N(Cc1ccc(C2=NN=C(C(F)F)C2)cc1)c1cccc(Cl)c1.CC. The third kappa shape index (κ3) is 6.71. The van der Waals surface area contributed by atoms with Crippen LogP contribution in [-0.2, 0) is 6.54 Å². The molecule has 0 radical (unpaired) electrons. The van der Waals surface area contributed by atoms with Crippen molar-refractivity contribution in [2.24, 2.45) is 10.2 Å². The molecule has 1 saturated heterocycles. The van der Waals surface area contributed by atoms with Gasteiger partial charge in [-0.2, -0.15) is 10.2 Å². The lowest BCUT2D eigenvalue weighted by Crippen LogP contribution is -2.33. The van der Waals surface area contributed by atoms with Crippen LogP contribution in [0.1, 0.15) is 44.2 Å². The maximum atomic E-state index is 12.8. The number of anilines is 1. The highest BCUT2D eigenvalue weighted by Crippen LogP contribution is 2.37. The minimum absolute atomic E-state index is 0.101.